The van der Waals surface area contributed by atoms with Crippen molar-refractivity contribution < 1.29 is 14.3 Å². The third-order valence-electron chi connectivity index (χ3n) is 2.90. The van der Waals surface area contributed by atoms with Crippen LogP contribution in [0.15, 0.2) is 36.5 Å². The summed E-state index contributed by atoms with van der Waals surface area (Å²) >= 11 is 0. The van der Waals surface area contributed by atoms with E-state index in [-0.39, 0.29) is 11.9 Å². The summed E-state index contributed by atoms with van der Waals surface area (Å²) in [6.07, 6.45) is 1.59. The molecule has 0 atom stereocenters. The summed E-state index contributed by atoms with van der Waals surface area (Å²) in [5.74, 6) is -0.613. The maximum absolute atomic E-state index is 12.1. The second-order valence-corrected chi connectivity index (χ2v) is 4.28. The molecular weight excluding hydrogens is 270 g/mol. The molecule has 0 aliphatic rings. The molecule has 1 N–H and O–H groups in total. The Hall–Kier alpha value is -2.63. The molecule has 2 aromatic rings. The number of carbonyl (C=O) groups excluding carboxylic acids is 2. The van der Waals surface area contributed by atoms with Gasteiger partial charge < -0.3 is 10.1 Å². The number of amides is 1. The Morgan fingerprint density at radius 3 is 2.52 bits per heavy atom. The standard InChI is InChI=1S/C15H17N3O3/c1-3-18-13(9-10-16-18)14(19)17-12-7-5-11(6-8-12)15(20)21-4-2/h5-10H,3-4H2,1-2H3,(H,17,19). The van der Waals surface area contributed by atoms with Gasteiger partial charge in [0.2, 0.25) is 0 Å². The van der Waals surface area contributed by atoms with Gasteiger partial charge in [0.1, 0.15) is 5.69 Å². The molecule has 0 bridgehead atoms. The predicted molar refractivity (Wildman–Crippen MR) is 78.3 cm³/mol. The minimum Gasteiger partial charge on any atom is -0.462 e. The van der Waals surface area contributed by atoms with Crippen LogP contribution < -0.4 is 5.32 Å². The molecule has 6 nitrogen and oxygen atoms in total. The molecule has 0 aliphatic heterocycles. The molecule has 1 aromatic carbocycles. The monoisotopic (exact) mass is 287 g/mol. The van der Waals surface area contributed by atoms with Crippen LogP contribution in [0.3, 0.4) is 0 Å². The Labute approximate surface area is 122 Å². The van der Waals surface area contributed by atoms with Crippen molar-refractivity contribution in [1.82, 2.24) is 9.78 Å². The fourth-order valence-corrected chi connectivity index (χ4v) is 1.88. The molecular formula is C15H17N3O3. The summed E-state index contributed by atoms with van der Waals surface area (Å²) in [6.45, 7) is 4.62. The van der Waals surface area contributed by atoms with Gasteiger partial charge in [-0.1, -0.05) is 0 Å². The predicted octanol–water partition coefficient (Wildman–Crippen LogP) is 2.33. The van der Waals surface area contributed by atoms with Crippen molar-refractivity contribution in [3.8, 4) is 0 Å². The number of nitrogens with one attached hydrogen (secondary N) is 1. The van der Waals surface area contributed by atoms with Crippen LogP contribution in [0.5, 0.6) is 0 Å². The van der Waals surface area contributed by atoms with E-state index in [4.69, 9.17) is 4.74 Å². The Morgan fingerprint density at radius 1 is 1.19 bits per heavy atom. The fourth-order valence-electron chi connectivity index (χ4n) is 1.88. The lowest BCUT2D eigenvalue weighted by molar-refractivity contribution is 0.0526. The van der Waals surface area contributed by atoms with E-state index in [1.807, 2.05) is 6.92 Å². The molecule has 1 amide bonds. The SMILES string of the molecule is CCOC(=O)c1ccc(NC(=O)c2ccnn2CC)cc1. The Morgan fingerprint density at radius 2 is 1.90 bits per heavy atom. The lowest BCUT2D eigenvalue weighted by Gasteiger charge is -2.07. The molecule has 1 heterocycles. The van der Waals surface area contributed by atoms with Gasteiger partial charge in [-0.2, -0.15) is 5.10 Å². The minimum absolute atomic E-state index is 0.238. The average molecular weight is 287 g/mol. The maximum Gasteiger partial charge on any atom is 0.338 e. The number of nitrogens with zero attached hydrogens (tertiary/aromatic N) is 2. The van der Waals surface area contributed by atoms with Crippen LogP contribution in [0.1, 0.15) is 34.7 Å². The van der Waals surface area contributed by atoms with Gasteiger partial charge in [-0.15, -0.1) is 0 Å². The van der Waals surface area contributed by atoms with Crippen molar-refractivity contribution in [2.45, 2.75) is 20.4 Å². The average Bonchev–Trinajstić information content (AvgIpc) is 2.97. The summed E-state index contributed by atoms with van der Waals surface area (Å²) in [5, 5.41) is 6.82. The first-order chi connectivity index (χ1) is 10.2. The third kappa shape index (κ3) is 3.47. The zero-order chi connectivity index (χ0) is 15.2. The van der Waals surface area contributed by atoms with Crippen LogP contribution in [-0.4, -0.2) is 28.3 Å². The third-order valence-corrected chi connectivity index (χ3v) is 2.90. The molecule has 0 unspecified atom stereocenters. The van der Waals surface area contributed by atoms with Crippen molar-refractivity contribution >= 4 is 17.6 Å². The number of ether oxygens (including phenoxy) is 1. The highest BCUT2D eigenvalue weighted by atomic mass is 16.5. The zero-order valence-electron chi connectivity index (χ0n) is 12.0. The Kier molecular flexibility index (Phi) is 4.71. The van der Waals surface area contributed by atoms with Crippen LogP contribution in [0.4, 0.5) is 5.69 Å². The zero-order valence-corrected chi connectivity index (χ0v) is 12.0. The molecule has 2 rings (SSSR count). The van der Waals surface area contributed by atoms with Gasteiger partial charge in [-0.3, -0.25) is 9.48 Å². The number of rotatable bonds is 5. The minimum atomic E-state index is -0.376. The van der Waals surface area contributed by atoms with E-state index in [9.17, 15) is 9.59 Å². The smallest absolute Gasteiger partial charge is 0.338 e. The van der Waals surface area contributed by atoms with Gasteiger partial charge in [0.25, 0.3) is 5.91 Å². The molecule has 0 fully saturated rings. The number of esters is 1. The van der Waals surface area contributed by atoms with E-state index in [1.165, 1.54) is 0 Å². The number of benzene rings is 1. The molecule has 0 radical (unpaired) electrons. The van der Waals surface area contributed by atoms with Crippen molar-refractivity contribution in [2.75, 3.05) is 11.9 Å². The number of hydrogen-bond donors (Lipinski definition) is 1. The number of aryl methyl sites for hydroxylation is 1. The van der Waals surface area contributed by atoms with Gasteiger partial charge in [-0.25, -0.2) is 4.79 Å². The quantitative estimate of drug-likeness (QED) is 0.857. The van der Waals surface area contributed by atoms with Gasteiger partial charge in [-0.05, 0) is 44.2 Å². The number of aromatic nitrogens is 2. The largest absolute Gasteiger partial charge is 0.462 e. The summed E-state index contributed by atoms with van der Waals surface area (Å²) < 4.78 is 6.51. The van der Waals surface area contributed by atoms with Crippen LogP contribution in [-0.2, 0) is 11.3 Å². The highest BCUT2D eigenvalue weighted by Crippen LogP contribution is 2.12. The Balaban J connectivity index is 2.07. The Bertz CT molecular complexity index is 632. The molecule has 0 spiro atoms. The lowest BCUT2D eigenvalue weighted by atomic mass is 10.2. The molecule has 0 saturated carbocycles. The summed E-state index contributed by atoms with van der Waals surface area (Å²) in [7, 11) is 0. The summed E-state index contributed by atoms with van der Waals surface area (Å²) in [4.78, 5) is 23.6. The van der Waals surface area contributed by atoms with E-state index in [0.717, 1.165) is 0 Å². The topological polar surface area (TPSA) is 73.2 Å². The first-order valence-electron chi connectivity index (χ1n) is 6.76. The van der Waals surface area contributed by atoms with Crippen molar-refractivity contribution in [1.29, 1.82) is 0 Å². The van der Waals surface area contributed by atoms with Crippen molar-refractivity contribution in [3.05, 3.63) is 47.8 Å². The fraction of sp³-hybridized carbons (Fsp3) is 0.267. The molecule has 0 saturated heterocycles. The van der Waals surface area contributed by atoms with E-state index in [1.54, 1.807) is 48.1 Å². The van der Waals surface area contributed by atoms with Crippen LogP contribution in [0, 0.1) is 0 Å². The summed E-state index contributed by atoms with van der Waals surface area (Å²) in [6, 6.07) is 8.22. The number of hydrogen-bond acceptors (Lipinski definition) is 4. The van der Waals surface area contributed by atoms with E-state index in [2.05, 4.69) is 10.4 Å². The normalized spacial score (nSPS) is 10.2. The van der Waals surface area contributed by atoms with Gasteiger partial charge in [0, 0.05) is 18.4 Å². The maximum atomic E-state index is 12.1. The highest BCUT2D eigenvalue weighted by Gasteiger charge is 2.12. The van der Waals surface area contributed by atoms with Crippen molar-refractivity contribution in [3.63, 3.8) is 0 Å². The van der Waals surface area contributed by atoms with Gasteiger partial charge in [0.05, 0.1) is 12.2 Å². The van der Waals surface area contributed by atoms with Crippen LogP contribution in [0.2, 0.25) is 0 Å². The lowest BCUT2D eigenvalue weighted by Crippen LogP contribution is -2.17. The number of carbonyl (C=O) groups is 2. The second kappa shape index (κ2) is 6.69. The van der Waals surface area contributed by atoms with E-state index in [0.29, 0.717) is 30.1 Å². The van der Waals surface area contributed by atoms with Gasteiger partial charge >= 0.3 is 5.97 Å². The molecule has 21 heavy (non-hydrogen) atoms. The summed E-state index contributed by atoms with van der Waals surface area (Å²) in [5.41, 5.74) is 1.55. The van der Waals surface area contributed by atoms with Crippen LogP contribution in [0.25, 0.3) is 0 Å². The van der Waals surface area contributed by atoms with Crippen LogP contribution >= 0.6 is 0 Å². The van der Waals surface area contributed by atoms with Gasteiger partial charge in [0.15, 0.2) is 0 Å². The molecule has 1 aromatic heterocycles. The highest BCUT2D eigenvalue weighted by molar-refractivity contribution is 6.03. The van der Waals surface area contributed by atoms with E-state index < -0.39 is 0 Å². The van der Waals surface area contributed by atoms with Crippen molar-refractivity contribution in [2.24, 2.45) is 0 Å². The number of anilines is 1. The first-order valence-corrected chi connectivity index (χ1v) is 6.76. The first kappa shape index (κ1) is 14.8. The molecule has 6 heteroatoms. The second-order valence-electron chi connectivity index (χ2n) is 4.28. The molecule has 0 aliphatic carbocycles. The molecule has 110 valence electrons. The van der Waals surface area contributed by atoms with E-state index >= 15 is 0 Å².